The number of methoxy groups -OCH3 is 1. The molecule has 0 fully saturated rings. The molecule has 1 aromatic heterocycles. The van der Waals surface area contributed by atoms with Crippen LogP contribution in [0.2, 0.25) is 0 Å². The van der Waals surface area contributed by atoms with Crippen LogP contribution in [0, 0.1) is 0 Å². The Labute approximate surface area is 150 Å². The molecule has 1 aliphatic heterocycles. The van der Waals surface area contributed by atoms with Crippen LogP contribution < -0.4 is 9.47 Å². The van der Waals surface area contributed by atoms with Gasteiger partial charge in [-0.3, -0.25) is 9.59 Å². The molecule has 7 heteroatoms. The van der Waals surface area contributed by atoms with Gasteiger partial charge in [0.1, 0.15) is 0 Å². The van der Waals surface area contributed by atoms with Crippen molar-refractivity contribution in [3.05, 3.63) is 59.3 Å². The maximum atomic E-state index is 12.8. The fourth-order valence-electron chi connectivity index (χ4n) is 3.01. The Morgan fingerprint density at radius 2 is 2.08 bits per heavy atom. The highest BCUT2D eigenvalue weighted by Crippen LogP contribution is 2.40. The summed E-state index contributed by atoms with van der Waals surface area (Å²) >= 11 is 0. The summed E-state index contributed by atoms with van der Waals surface area (Å²) in [4.78, 5) is 26.4. The Morgan fingerprint density at radius 1 is 1.31 bits per heavy atom. The molecule has 2 aromatic rings. The number of rotatable bonds is 6. The van der Waals surface area contributed by atoms with E-state index in [0.29, 0.717) is 23.7 Å². The highest BCUT2D eigenvalue weighted by atomic mass is 16.5. The molecule has 1 aromatic carbocycles. The first-order valence-electron chi connectivity index (χ1n) is 8.08. The zero-order valence-corrected chi connectivity index (χ0v) is 14.7. The molecule has 1 aliphatic rings. The van der Waals surface area contributed by atoms with Crippen molar-refractivity contribution in [1.29, 1.82) is 0 Å². The number of furan rings is 1. The van der Waals surface area contributed by atoms with Crippen LogP contribution in [-0.2, 0) is 4.79 Å². The molecule has 0 saturated carbocycles. The van der Waals surface area contributed by atoms with Gasteiger partial charge >= 0.3 is 0 Å². The van der Waals surface area contributed by atoms with Crippen LogP contribution in [-0.4, -0.2) is 42.5 Å². The third kappa shape index (κ3) is 2.81. The molecule has 0 saturated heterocycles. The van der Waals surface area contributed by atoms with Gasteiger partial charge in [-0.2, -0.15) is 0 Å². The zero-order valence-electron chi connectivity index (χ0n) is 14.7. The highest BCUT2D eigenvalue weighted by molar-refractivity contribution is 6.14. The summed E-state index contributed by atoms with van der Waals surface area (Å²) in [5.74, 6) is -0.663. The molecule has 1 unspecified atom stereocenters. The highest BCUT2D eigenvalue weighted by Gasteiger charge is 2.42. The van der Waals surface area contributed by atoms with Gasteiger partial charge in [0.15, 0.2) is 23.0 Å². The van der Waals surface area contributed by atoms with Crippen molar-refractivity contribution in [2.45, 2.75) is 13.0 Å². The summed E-state index contributed by atoms with van der Waals surface area (Å²) in [6, 6.07) is 7.43. The minimum absolute atomic E-state index is 0.0290. The van der Waals surface area contributed by atoms with Crippen molar-refractivity contribution in [2.75, 3.05) is 20.8 Å². The number of aliphatic hydroxyl groups excluding tert-OH is 1. The van der Waals surface area contributed by atoms with Crippen molar-refractivity contribution in [3.8, 4) is 11.5 Å². The average molecular weight is 357 g/mol. The minimum atomic E-state index is -0.760. The SMILES string of the molecule is CCOc1ccc(C2C(C(=O)c3ccco3)=C(O)C(=O)N2C)cc1OC. The van der Waals surface area contributed by atoms with E-state index in [0.717, 1.165) is 0 Å². The maximum absolute atomic E-state index is 12.8. The summed E-state index contributed by atoms with van der Waals surface area (Å²) < 4.78 is 16.0. The summed E-state index contributed by atoms with van der Waals surface area (Å²) in [6.07, 6.45) is 1.36. The molecule has 0 spiro atoms. The Balaban J connectivity index is 2.07. The van der Waals surface area contributed by atoms with Crippen molar-refractivity contribution in [1.82, 2.24) is 4.90 Å². The normalized spacial score (nSPS) is 17.0. The van der Waals surface area contributed by atoms with Gasteiger partial charge in [0, 0.05) is 7.05 Å². The summed E-state index contributed by atoms with van der Waals surface area (Å²) in [7, 11) is 3.03. The first-order chi connectivity index (χ1) is 12.5. The van der Waals surface area contributed by atoms with Crippen LogP contribution in [0.15, 0.2) is 52.3 Å². The minimum Gasteiger partial charge on any atom is -0.503 e. The lowest BCUT2D eigenvalue weighted by Crippen LogP contribution is -2.26. The monoisotopic (exact) mass is 357 g/mol. The van der Waals surface area contributed by atoms with Gasteiger partial charge in [-0.05, 0) is 36.8 Å². The Hall–Kier alpha value is -3.22. The van der Waals surface area contributed by atoms with Gasteiger partial charge < -0.3 is 23.9 Å². The van der Waals surface area contributed by atoms with Crippen LogP contribution in [0.25, 0.3) is 0 Å². The first-order valence-corrected chi connectivity index (χ1v) is 8.08. The molecule has 1 N–H and O–H groups in total. The number of amides is 1. The molecule has 1 atom stereocenters. The van der Waals surface area contributed by atoms with Gasteiger partial charge in [-0.25, -0.2) is 0 Å². The predicted molar refractivity (Wildman–Crippen MR) is 92.4 cm³/mol. The lowest BCUT2D eigenvalue weighted by atomic mass is 9.95. The first kappa shape index (κ1) is 17.6. The van der Waals surface area contributed by atoms with E-state index < -0.39 is 23.5 Å². The molecule has 0 radical (unpaired) electrons. The van der Waals surface area contributed by atoms with Crippen molar-refractivity contribution < 1.29 is 28.6 Å². The van der Waals surface area contributed by atoms with E-state index >= 15 is 0 Å². The number of carbonyl (C=O) groups excluding carboxylic acids is 2. The predicted octanol–water partition coefficient (Wildman–Crippen LogP) is 2.90. The van der Waals surface area contributed by atoms with Gasteiger partial charge in [0.25, 0.3) is 5.91 Å². The third-order valence-electron chi connectivity index (χ3n) is 4.23. The van der Waals surface area contributed by atoms with Crippen molar-refractivity contribution in [3.63, 3.8) is 0 Å². The van der Waals surface area contributed by atoms with Crippen LogP contribution in [0.1, 0.15) is 29.1 Å². The second-order valence-corrected chi connectivity index (χ2v) is 5.73. The fraction of sp³-hybridized carbons (Fsp3) is 0.263. The van der Waals surface area contributed by atoms with Crippen LogP contribution in [0.4, 0.5) is 0 Å². The quantitative estimate of drug-likeness (QED) is 0.800. The Morgan fingerprint density at radius 3 is 2.69 bits per heavy atom. The maximum Gasteiger partial charge on any atom is 0.289 e. The smallest absolute Gasteiger partial charge is 0.289 e. The number of Topliss-reactive ketones (excluding diaryl/α,β-unsaturated/α-hetero) is 1. The van der Waals surface area contributed by atoms with Crippen LogP contribution in [0.5, 0.6) is 11.5 Å². The van der Waals surface area contributed by atoms with Crippen LogP contribution >= 0.6 is 0 Å². The largest absolute Gasteiger partial charge is 0.503 e. The molecule has 0 aliphatic carbocycles. The van der Waals surface area contributed by atoms with Gasteiger partial charge in [-0.1, -0.05) is 6.07 Å². The van der Waals surface area contributed by atoms with E-state index in [-0.39, 0.29) is 11.3 Å². The number of hydrogen-bond acceptors (Lipinski definition) is 6. The van der Waals surface area contributed by atoms with E-state index in [1.165, 1.54) is 31.4 Å². The summed E-state index contributed by atoms with van der Waals surface area (Å²) in [6.45, 7) is 2.33. The summed E-state index contributed by atoms with van der Waals surface area (Å²) in [5.41, 5.74) is 0.582. The lowest BCUT2D eigenvalue weighted by Gasteiger charge is -2.23. The second kappa shape index (κ2) is 6.95. The Kier molecular flexibility index (Phi) is 4.71. The second-order valence-electron chi connectivity index (χ2n) is 5.73. The van der Waals surface area contributed by atoms with Gasteiger partial charge in [-0.15, -0.1) is 0 Å². The molecule has 3 rings (SSSR count). The third-order valence-corrected chi connectivity index (χ3v) is 4.23. The number of hydrogen-bond donors (Lipinski definition) is 1. The van der Waals surface area contributed by atoms with Crippen molar-refractivity contribution in [2.24, 2.45) is 0 Å². The Bertz CT molecular complexity index is 868. The van der Waals surface area contributed by atoms with Gasteiger partial charge in [0.05, 0.1) is 31.6 Å². The molecule has 26 heavy (non-hydrogen) atoms. The van der Waals surface area contributed by atoms with E-state index in [1.54, 1.807) is 24.3 Å². The molecular weight excluding hydrogens is 338 g/mol. The van der Waals surface area contributed by atoms with E-state index in [4.69, 9.17) is 13.9 Å². The molecule has 2 heterocycles. The molecule has 7 nitrogen and oxygen atoms in total. The topological polar surface area (TPSA) is 89.2 Å². The fourth-order valence-corrected chi connectivity index (χ4v) is 3.01. The van der Waals surface area contributed by atoms with E-state index in [2.05, 4.69) is 0 Å². The summed E-state index contributed by atoms with van der Waals surface area (Å²) in [5, 5.41) is 10.3. The average Bonchev–Trinajstić information content (AvgIpc) is 3.25. The lowest BCUT2D eigenvalue weighted by molar-refractivity contribution is -0.128. The zero-order chi connectivity index (χ0) is 18.8. The molecular formula is C19H19NO6. The van der Waals surface area contributed by atoms with E-state index in [9.17, 15) is 14.7 Å². The standard InChI is InChI=1S/C19H19NO6/c1-4-25-12-8-7-11(10-14(12)24-3)16-15(18(22)19(23)20(16)2)17(21)13-6-5-9-26-13/h5-10,16,22H,4H2,1-3H3. The van der Waals surface area contributed by atoms with E-state index in [1.807, 2.05) is 6.92 Å². The molecule has 0 bridgehead atoms. The van der Waals surface area contributed by atoms with Crippen LogP contribution in [0.3, 0.4) is 0 Å². The number of ether oxygens (including phenoxy) is 2. The number of carbonyl (C=O) groups is 2. The number of nitrogens with zero attached hydrogens (tertiary/aromatic N) is 1. The van der Waals surface area contributed by atoms with Crippen molar-refractivity contribution >= 4 is 11.7 Å². The number of ketones is 1. The van der Waals surface area contributed by atoms with Gasteiger partial charge in [0.2, 0.25) is 5.78 Å². The molecule has 136 valence electrons. The number of likely N-dealkylation sites (N-methyl/N-ethyl adjacent to an activating group) is 1. The molecule has 1 amide bonds. The number of benzene rings is 1. The number of aliphatic hydroxyl groups is 1.